The van der Waals surface area contributed by atoms with Gasteiger partial charge in [-0.25, -0.2) is 0 Å². The van der Waals surface area contributed by atoms with Gasteiger partial charge < -0.3 is 0 Å². The fraction of sp³-hybridized carbons (Fsp3) is 0.500. The number of rotatable bonds is 1. The zero-order chi connectivity index (χ0) is 7.52. The Kier molecular flexibility index (Phi) is 1.71. The first-order valence-corrected chi connectivity index (χ1v) is 3.98. The summed E-state index contributed by atoms with van der Waals surface area (Å²) in [5.74, 6) is 0. The molecule has 2 heterocycles. The minimum Gasteiger partial charge on any atom is -0.288 e. The molecule has 1 N–H and O–H groups in total. The summed E-state index contributed by atoms with van der Waals surface area (Å²) in [5.41, 5.74) is 1.14. The zero-order valence-corrected chi connectivity index (χ0v) is 6.33. The SMILES string of the molecule is C1=NC(c2ccn[nH]2)CCC1. The topological polar surface area (TPSA) is 41.0 Å². The van der Waals surface area contributed by atoms with E-state index in [0.29, 0.717) is 6.04 Å². The molecule has 1 aliphatic heterocycles. The molecule has 1 atom stereocenters. The molecule has 0 bridgehead atoms. The van der Waals surface area contributed by atoms with Crippen LogP contribution in [0, 0.1) is 0 Å². The maximum Gasteiger partial charge on any atom is 0.0910 e. The number of nitrogens with zero attached hydrogens (tertiary/aromatic N) is 2. The summed E-state index contributed by atoms with van der Waals surface area (Å²) in [6.07, 6.45) is 7.31. The first-order chi connectivity index (χ1) is 5.47. The molecule has 0 radical (unpaired) electrons. The summed E-state index contributed by atoms with van der Waals surface area (Å²) in [7, 11) is 0. The third-order valence-corrected chi connectivity index (χ3v) is 1.98. The average Bonchev–Trinajstić information content (AvgIpc) is 2.58. The van der Waals surface area contributed by atoms with Crippen molar-refractivity contribution >= 4 is 6.21 Å². The molecule has 58 valence electrons. The lowest BCUT2D eigenvalue weighted by Crippen LogP contribution is -2.01. The zero-order valence-electron chi connectivity index (χ0n) is 6.33. The first kappa shape index (κ1) is 6.58. The molecule has 11 heavy (non-hydrogen) atoms. The monoisotopic (exact) mass is 149 g/mol. The lowest BCUT2D eigenvalue weighted by Gasteiger charge is -2.12. The molecule has 2 rings (SSSR count). The Morgan fingerprint density at radius 2 is 2.55 bits per heavy atom. The summed E-state index contributed by atoms with van der Waals surface area (Å²) < 4.78 is 0. The van der Waals surface area contributed by atoms with Crippen molar-refractivity contribution in [3.63, 3.8) is 0 Å². The molecular weight excluding hydrogens is 138 g/mol. The number of hydrogen-bond donors (Lipinski definition) is 1. The van der Waals surface area contributed by atoms with Crippen molar-refractivity contribution in [2.45, 2.75) is 25.3 Å². The Balaban J connectivity index is 2.16. The second kappa shape index (κ2) is 2.86. The molecule has 0 fully saturated rings. The van der Waals surface area contributed by atoms with Crippen LogP contribution in [0.3, 0.4) is 0 Å². The van der Waals surface area contributed by atoms with E-state index in [1.54, 1.807) is 6.20 Å². The standard InChI is InChI=1S/C8H11N3/c1-2-5-9-7(3-1)8-4-6-10-11-8/h4-7H,1-3H2,(H,10,11). The third-order valence-electron chi connectivity index (χ3n) is 1.98. The fourth-order valence-corrected chi connectivity index (χ4v) is 1.37. The van der Waals surface area contributed by atoms with Crippen molar-refractivity contribution < 1.29 is 0 Å². The van der Waals surface area contributed by atoms with Gasteiger partial charge in [0.05, 0.1) is 11.7 Å². The molecule has 0 spiro atoms. The van der Waals surface area contributed by atoms with Crippen LogP contribution in [0.5, 0.6) is 0 Å². The van der Waals surface area contributed by atoms with Crippen LogP contribution in [0.15, 0.2) is 17.3 Å². The van der Waals surface area contributed by atoms with Crippen molar-refractivity contribution in [2.24, 2.45) is 4.99 Å². The van der Waals surface area contributed by atoms with E-state index >= 15 is 0 Å². The first-order valence-electron chi connectivity index (χ1n) is 3.98. The fourth-order valence-electron chi connectivity index (χ4n) is 1.37. The van der Waals surface area contributed by atoms with Crippen LogP contribution in [-0.2, 0) is 0 Å². The second-order valence-corrected chi connectivity index (χ2v) is 2.79. The van der Waals surface area contributed by atoms with Crippen LogP contribution in [0.1, 0.15) is 31.0 Å². The van der Waals surface area contributed by atoms with E-state index in [4.69, 9.17) is 0 Å². The highest BCUT2D eigenvalue weighted by atomic mass is 15.1. The minimum absolute atomic E-state index is 0.339. The lowest BCUT2D eigenvalue weighted by atomic mass is 10.1. The number of aromatic nitrogens is 2. The Labute approximate surface area is 65.5 Å². The largest absolute Gasteiger partial charge is 0.288 e. The van der Waals surface area contributed by atoms with Gasteiger partial charge in [-0.05, 0) is 31.5 Å². The maximum atomic E-state index is 4.38. The molecule has 0 amide bonds. The number of aliphatic imine (C=N–C) groups is 1. The molecule has 1 unspecified atom stereocenters. The van der Waals surface area contributed by atoms with Crippen LogP contribution in [0.25, 0.3) is 0 Å². The Bertz CT molecular complexity index is 238. The van der Waals surface area contributed by atoms with Gasteiger partial charge >= 0.3 is 0 Å². The quantitative estimate of drug-likeness (QED) is 0.648. The van der Waals surface area contributed by atoms with Gasteiger partial charge in [0, 0.05) is 6.20 Å². The van der Waals surface area contributed by atoms with Crippen LogP contribution >= 0.6 is 0 Å². The van der Waals surface area contributed by atoms with E-state index in [-0.39, 0.29) is 0 Å². The minimum atomic E-state index is 0.339. The van der Waals surface area contributed by atoms with Gasteiger partial charge in [0.1, 0.15) is 0 Å². The molecular formula is C8H11N3. The second-order valence-electron chi connectivity index (χ2n) is 2.79. The number of nitrogens with one attached hydrogen (secondary N) is 1. The molecule has 0 aromatic carbocycles. The maximum absolute atomic E-state index is 4.38. The number of aromatic amines is 1. The highest BCUT2D eigenvalue weighted by Crippen LogP contribution is 2.23. The average molecular weight is 149 g/mol. The van der Waals surface area contributed by atoms with Gasteiger partial charge in [-0.2, -0.15) is 5.10 Å². The van der Waals surface area contributed by atoms with E-state index < -0.39 is 0 Å². The van der Waals surface area contributed by atoms with Gasteiger partial charge in [-0.1, -0.05) is 0 Å². The molecule has 1 aromatic heterocycles. The van der Waals surface area contributed by atoms with E-state index in [0.717, 1.165) is 18.5 Å². The molecule has 3 nitrogen and oxygen atoms in total. The van der Waals surface area contributed by atoms with Gasteiger partial charge in [0.25, 0.3) is 0 Å². The van der Waals surface area contributed by atoms with E-state index in [1.165, 1.54) is 6.42 Å². The van der Waals surface area contributed by atoms with Crippen molar-refractivity contribution in [3.8, 4) is 0 Å². The molecule has 3 heteroatoms. The van der Waals surface area contributed by atoms with Crippen LogP contribution in [-0.4, -0.2) is 16.4 Å². The van der Waals surface area contributed by atoms with Crippen LogP contribution in [0.2, 0.25) is 0 Å². The van der Waals surface area contributed by atoms with Crippen molar-refractivity contribution in [2.75, 3.05) is 0 Å². The highest BCUT2D eigenvalue weighted by molar-refractivity contribution is 5.58. The van der Waals surface area contributed by atoms with Crippen LogP contribution < -0.4 is 0 Å². The summed E-state index contributed by atoms with van der Waals surface area (Å²) in [5, 5.41) is 6.84. The van der Waals surface area contributed by atoms with Crippen LogP contribution in [0.4, 0.5) is 0 Å². The van der Waals surface area contributed by atoms with Crippen molar-refractivity contribution in [3.05, 3.63) is 18.0 Å². The summed E-state index contributed by atoms with van der Waals surface area (Å²) in [4.78, 5) is 4.38. The van der Waals surface area contributed by atoms with Gasteiger partial charge in [-0.3, -0.25) is 10.1 Å². The van der Waals surface area contributed by atoms with E-state index in [9.17, 15) is 0 Å². The van der Waals surface area contributed by atoms with Crippen molar-refractivity contribution in [1.82, 2.24) is 10.2 Å². The number of H-pyrrole nitrogens is 1. The summed E-state index contributed by atoms with van der Waals surface area (Å²) >= 11 is 0. The molecule has 0 saturated heterocycles. The number of hydrogen-bond acceptors (Lipinski definition) is 2. The Hall–Kier alpha value is -1.12. The molecule has 0 saturated carbocycles. The molecule has 1 aliphatic rings. The van der Waals surface area contributed by atoms with Gasteiger partial charge in [-0.15, -0.1) is 0 Å². The Morgan fingerprint density at radius 1 is 1.55 bits per heavy atom. The lowest BCUT2D eigenvalue weighted by molar-refractivity contribution is 0.588. The van der Waals surface area contributed by atoms with Gasteiger partial charge in [0.2, 0.25) is 0 Å². The van der Waals surface area contributed by atoms with Crippen molar-refractivity contribution in [1.29, 1.82) is 0 Å². The predicted octanol–water partition coefficient (Wildman–Crippen LogP) is 1.71. The van der Waals surface area contributed by atoms with E-state index in [2.05, 4.69) is 15.2 Å². The summed E-state index contributed by atoms with van der Waals surface area (Å²) in [6.45, 7) is 0. The highest BCUT2D eigenvalue weighted by Gasteiger charge is 2.12. The van der Waals surface area contributed by atoms with E-state index in [1.807, 2.05) is 12.3 Å². The molecule has 1 aromatic rings. The Morgan fingerprint density at radius 3 is 3.18 bits per heavy atom. The third kappa shape index (κ3) is 1.31. The normalized spacial score (nSPS) is 23.8. The molecule has 0 aliphatic carbocycles. The predicted molar refractivity (Wildman–Crippen MR) is 43.7 cm³/mol. The summed E-state index contributed by atoms with van der Waals surface area (Å²) in [6, 6.07) is 2.33. The smallest absolute Gasteiger partial charge is 0.0910 e. The van der Waals surface area contributed by atoms with Gasteiger partial charge in [0.15, 0.2) is 0 Å².